The number of rotatable bonds is 9. The van der Waals surface area contributed by atoms with Gasteiger partial charge in [0.1, 0.15) is 17.8 Å². The number of nitrogens with one attached hydrogen (secondary N) is 1. The lowest BCUT2D eigenvalue weighted by atomic mass is 10.00. The highest BCUT2D eigenvalue weighted by atomic mass is 32.2. The summed E-state index contributed by atoms with van der Waals surface area (Å²) in [4.78, 5) is 23.0. The molecule has 1 aliphatic heterocycles. The van der Waals surface area contributed by atoms with Crippen molar-refractivity contribution in [3.63, 3.8) is 0 Å². The maximum absolute atomic E-state index is 15.1. The second kappa shape index (κ2) is 14.4. The Morgan fingerprint density at radius 1 is 1.02 bits per heavy atom. The lowest BCUT2D eigenvalue weighted by molar-refractivity contribution is -0.274. The summed E-state index contributed by atoms with van der Waals surface area (Å²) in [6.45, 7) is 4.71. The van der Waals surface area contributed by atoms with Gasteiger partial charge in [0.15, 0.2) is 17.2 Å². The molecule has 2 amide bonds. The number of aromatic nitrogens is 3. The van der Waals surface area contributed by atoms with Crippen molar-refractivity contribution in [2.45, 2.75) is 45.0 Å². The molecule has 1 fully saturated rings. The highest BCUT2D eigenvalue weighted by molar-refractivity contribution is 8.14. The molecular formula is C32H31F5N6O3S. The molecule has 0 aliphatic carbocycles. The lowest BCUT2D eigenvalue weighted by Crippen LogP contribution is -2.38. The molecule has 2 heterocycles. The number of alkyl halides is 5. The minimum atomic E-state index is -4.80. The van der Waals surface area contributed by atoms with Crippen LogP contribution >= 0.6 is 11.8 Å². The van der Waals surface area contributed by atoms with Crippen molar-refractivity contribution in [1.82, 2.24) is 20.1 Å². The summed E-state index contributed by atoms with van der Waals surface area (Å²) in [6.07, 6.45) is -7.15. The first-order valence-corrected chi connectivity index (χ1v) is 15.5. The molecule has 9 nitrogen and oxygen atoms in total. The molecule has 0 bridgehead atoms. The van der Waals surface area contributed by atoms with Crippen LogP contribution in [-0.4, -0.2) is 58.0 Å². The normalized spacial score (nSPS) is 15.9. The molecule has 5 rings (SSSR count). The van der Waals surface area contributed by atoms with Crippen LogP contribution in [0.25, 0.3) is 17.1 Å². The number of nitrogens with zero attached hydrogens (tertiary/aromatic N) is 5. The summed E-state index contributed by atoms with van der Waals surface area (Å²) >= 11 is 1.36. The van der Waals surface area contributed by atoms with E-state index in [1.165, 1.54) is 59.2 Å². The average Bonchev–Trinajstić information content (AvgIpc) is 3.54. The first kappa shape index (κ1) is 33.7. The average molecular weight is 675 g/mol. The van der Waals surface area contributed by atoms with Crippen LogP contribution in [0.4, 0.5) is 32.4 Å². The van der Waals surface area contributed by atoms with Gasteiger partial charge in [0.2, 0.25) is 6.30 Å². The zero-order valence-corrected chi connectivity index (χ0v) is 26.4. The van der Waals surface area contributed by atoms with Crippen molar-refractivity contribution in [2.75, 3.05) is 24.3 Å². The quantitative estimate of drug-likeness (QED) is 0.142. The van der Waals surface area contributed by atoms with Crippen molar-refractivity contribution < 1.29 is 36.2 Å². The van der Waals surface area contributed by atoms with Crippen LogP contribution in [-0.2, 0) is 0 Å². The fraction of sp³-hybridized carbons (Fsp3) is 0.312. The van der Waals surface area contributed by atoms with Crippen molar-refractivity contribution in [3.8, 4) is 28.6 Å². The second-order valence-corrected chi connectivity index (χ2v) is 11.8. The first-order chi connectivity index (χ1) is 22.4. The fourth-order valence-corrected chi connectivity index (χ4v) is 5.81. The lowest BCUT2D eigenvalue weighted by Gasteiger charge is -2.32. The van der Waals surface area contributed by atoms with Crippen LogP contribution in [0.3, 0.4) is 0 Å². The minimum absolute atomic E-state index is 0.0273. The number of urea groups is 1. The van der Waals surface area contributed by atoms with E-state index < -0.39 is 24.9 Å². The van der Waals surface area contributed by atoms with Gasteiger partial charge in [-0.3, -0.25) is 0 Å². The largest absolute Gasteiger partial charge is 0.573 e. The third-order valence-corrected chi connectivity index (χ3v) is 8.23. The smallest absolute Gasteiger partial charge is 0.497 e. The van der Waals surface area contributed by atoms with Crippen LogP contribution < -0.4 is 19.7 Å². The molecule has 3 aromatic carbocycles. The predicted octanol–water partition coefficient (Wildman–Crippen LogP) is 7.98. The van der Waals surface area contributed by atoms with E-state index in [1.54, 1.807) is 7.11 Å². The zero-order valence-electron chi connectivity index (χ0n) is 25.5. The molecule has 15 heteroatoms. The van der Waals surface area contributed by atoms with Crippen LogP contribution in [0.15, 0.2) is 78.0 Å². The van der Waals surface area contributed by atoms with E-state index in [-0.39, 0.29) is 23.1 Å². The Morgan fingerprint density at radius 2 is 1.72 bits per heavy atom. The summed E-state index contributed by atoms with van der Waals surface area (Å²) in [5, 5.41) is 6.69. The Morgan fingerprint density at radius 3 is 2.38 bits per heavy atom. The Balaban J connectivity index is 1.24. The standard InChI is InChI=1S/C32H31F5N6O3S/c1-19(2)25-14-13-24(45-3)17-26(25)42-15-4-16-47-31(42)40-30(44)39-28(34)27(33)20-5-7-21(8-6-20)29-38-18-43(41-29)22-9-11-23(12-10-22)46-32(35,36)37/h5-14,17-19,27-28H,4,15-16H2,1-3H3,(H,39,44)/b40-31-. The molecule has 1 aliphatic rings. The molecule has 1 saturated heterocycles. The number of amides is 2. The van der Waals surface area contributed by atoms with Gasteiger partial charge in [-0.1, -0.05) is 55.9 Å². The van der Waals surface area contributed by atoms with E-state index in [0.717, 1.165) is 35.6 Å². The van der Waals surface area contributed by atoms with Gasteiger partial charge in [-0.25, -0.2) is 23.2 Å². The number of halogens is 5. The summed E-state index contributed by atoms with van der Waals surface area (Å²) < 4.78 is 78.0. The Kier molecular flexibility index (Phi) is 10.3. The van der Waals surface area contributed by atoms with Crippen molar-refractivity contribution in [1.29, 1.82) is 0 Å². The van der Waals surface area contributed by atoms with Gasteiger partial charge < -0.3 is 19.7 Å². The highest BCUT2D eigenvalue weighted by Gasteiger charge is 2.31. The maximum atomic E-state index is 15.1. The molecule has 2 atom stereocenters. The first-order valence-electron chi connectivity index (χ1n) is 14.6. The number of methoxy groups -OCH3 is 1. The highest BCUT2D eigenvalue weighted by Crippen LogP contribution is 2.35. The van der Waals surface area contributed by atoms with Crippen LogP contribution in [0.1, 0.15) is 43.5 Å². The summed E-state index contributed by atoms with van der Waals surface area (Å²) in [5.41, 5.74) is 2.76. The van der Waals surface area contributed by atoms with Crippen molar-refractivity contribution >= 4 is 28.6 Å². The van der Waals surface area contributed by atoms with Gasteiger partial charge in [0.25, 0.3) is 0 Å². The number of hydrogen-bond acceptors (Lipinski definition) is 6. The van der Waals surface area contributed by atoms with Crippen LogP contribution in [0.2, 0.25) is 0 Å². The van der Waals surface area contributed by atoms with Crippen molar-refractivity contribution in [2.24, 2.45) is 4.99 Å². The SMILES string of the molecule is COc1ccc(C(C)C)c(N2CCCS/C2=N\C(=O)NC(F)C(F)c2ccc(-c3ncn(-c4ccc(OC(F)(F)F)cc4)n3)cc2)c1. The molecule has 4 aromatic rings. The molecule has 0 saturated carbocycles. The van der Waals surface area contributed by atoms with E-state index in [4.69, 9.17) is 4.74 Å². The maximum Gasteiger partial charge on any atom is 0.573 e. The number of carbonyl (C=O) groups is 1. The third kappa shape index (κ3) is 8.39. The Bertz CT molecular complexity index is 1710. The third-order valence-electron chi connectivity index (χ3n) is 7.17. The fourth-order valence-electron chi connectivity index (χ4n) is 4.86. The number of hydrogen-bond donors (Lipinski definition) is 1. The van der Waals surface area contributed by atoms with Crippen LogP contribution in [0, 0.1) is 0 Å². The van der Waals surface area contributed by atoms with Gasteiger partial charge >= 0.3 is 12.4 Å². The molecular weight excluding hydrogens is 643 g/mol. The van der Waals surface area contributed by atoms with Gasteiger partial charge in [-0.05, 0) is 53.8 Å². The molecule has 248 valence electrons. The molecule has 0 radical (unpaired) electrons. The van der Waals surface area contributed by atoms with Crippen LogP contribution in [0.5, 0.6) is 11.5 Å². The second-order valence-electron chi connectivity index (χ2n) is 10.8. The van der Waals surface area contributed by atoms with E-state index in [2.05, 4.69) is 33.7 Å². The summed E-state index contributed by atoms with van der Waals surface area (Å²) in [7, 11) is 1.57. The molecule has 1 N–H and O–H groups in total. The molecule has 0 spiro atoms. The predicted molar refractivity (Wildman–Crippen MR) is 170 cm³/mol. The van der Waals surface area contributed by atoms with E-state index in [1.807, 2.05) is 28.4 Å². The van der Waals surface area contributed by atoms with Gasteiger partial charge in [-0.15, -0.1) is 18.3 Å². The zero-order chi connectivity index (χ0) is 33.7. The molecule has 1 aromatic heterocycles. The Hall–Kier alpha value is -4.66. The number of thioether (sulfide) groups is 1. The number of benzene rings is 3. The van der Waals surface area contributed by atoms with E-state index >= 15 is 4.39 Å². The number of amidine groups is 1. The van der Waals surface area contributed by atoms with E-state index in [0.29, 0.717) is 28.7 Å². The number of anilines is 1. The minimum Gasteiger partial charge on any atom is -0.497 e. The summed E-state index contributed by atoms with van der Waals surface area (Å²) in [5.74, 6) is 1.42. The number of ether oxygens (including phenoxy) is 2. The van der Waals surface area contributed by atoms with E-state index in [9.17, 15) is 22.4 Å². The molecule has 2 unspecified atom stereocenters. The molecule has 47 heavy (non-hydrogen) atoms. The van der Waals surface area contributed by atoms with Crippen molar-refractivity contribution in [3.05, 3.63) is 84.2 Å². The number of carbonyl (C=O) groups excluding carboxylic acids is 1. The van der Waals surface area contributed by atoms with Gasteiger partial charge in [0.05, 0.1) is 12.8 Å². The monoisotopic (exact) mass is 674 g/mol. The topological polar surface area (TPSA) is 93.9 Å². The Labute approximate surface area is 271 Å². The van der Waals surface area contributed by atoms with Gasteiger partial charge in [-0.2, -0.15) is 4.99 Å². The summed E-state index contributed by atoms with van der Waals surface area (Å²) in [6, 6.07) is 15.4. The number of aliphatic imine (C=N–C) groups is 1. The van der Waals surface area contributed by atoms with Gasteiger partial charge in [0, 0.05) is 29.6 Å².